The number of hydrogen-bond donors (Lipinski definition) is 1. The molecule has 0 fully saturated rings. The van der Waals surface area contributed by atoms with Gasteiger partial charge in [-0.15, -0.1) is 22.7 Å². The zero-order chi connectivity index (χ0) is 22.8. The molecule has 1 atom stereocenters. The highest BCUT2D eigenvalue weighted by atomic mass is 32.1. The Kier molecular flexibility index (Phi) is 6.37. The van der Waals surface area contributed by atoms with Crippen molar-refractivity contribution in [2.45, 2.75) is 38.8 Å². The van der Waals surface area contributed by atoms with Crippen LogP contribution in [0.15, 0.2) is 41.8 Å². The van der Waals surface area contributed by atoms with Gasteiger partial charge in [0.25, 0.3) is 5.91 Å². The molecule has 0 saturated carbocycles. The minimum Gasteiger partial charge on any atom is -0.486 e. The Morgan fingerprint density at radius 2 is 1.97 bits per heavy atom. The van der Waals surface area contributed by atoms with Gasteiger partial charge in [-0.1, -0.05) is 13.3 Å². The fraction of sp³-hybridized carbons (Fsp3) is 0.360. The third-order valence-electron chi connectivity index (χ3n) is 5.96. The number of carbonyl (C=O) groups is 2. The molecule has 33 heavy (non-hydrogen) atoms. The quantitative estimate of drug-likeness (QED) is 0.552. The minimum atomic E-state index is -0.512. The summed E-state index contributed by atoms with van der Waals surface area (Å²) < 4.78 is 11.3. The topological polar surface area (TPSA) is 67.9 Å². The van der Waals surface area contributed by atoms with E-state index in [4.69, 9.17) is 9.47 Å². The SMILES string of the molecule is CCCC(NC(=O)c1ccc(-c2ccc3c(c2)OCCO3)s1)C(=O)N1CCc2sccc2C1. The van der Waals surface area contributed by atoms with Gasteiger partial charge >= 0.3 is 0 Å². The highest BCUT2D eigenvalue weighted by Crippen LogP contribution is 2.37. The molecule has 0 radical (unpaired) electrons. The Bertz CT molecular complexity index is 1170. The zero-order valence-electron chi connectivity index (χ0n) is 18.5. The number of fused-ring (bicyclic) bond motifs is 2. The van der Waals surface area contributed by atoms with E-state index in [1.165, 1.54) is 21.8 Å². The van der Waals surface area contributed by atoms with Crippen LogP contribution in [0.5, 0.6) is 11.5 Å². The monoisotopic (exact) mass is 482 g/mol. The Labute approximate surface area is 201 Å². The second kappa shape index (κ2) is 9.57. The molecule has 2 aromatic heterocycles. The van der Waals surface area contributed by atoms with Crippen LogP contribution in [0, 0.1) is 0 Å². The van der Waals surface area contributed by atoms with Crippen molar-refractivity contribution in [1.82, 2.24) is 10.2 Å². The number of rotatable bonds is 6. The van der Waals surface area contributed by atoms with Crippen LogP contribution in [0.3, 0.4) is 0 Å². The third kappa shape index (κ3) is 4.63. The van der Waals surface area contributed by atoms with Crippen LogP contribution in [0.4, 0.5) is 0 Å². The summed E-state index contributed by atoms with van der Waals surface area (Å²) in [7, 11) is 0. The van der Waals surface area contributed by atoms with E-state index in [0.29, 0.717) is 37.6 Å². The lowest BCUT2D eigenvalue weighted by atomic mass is 10.1. The average molecular weight is 483 g/mol. The van der Waals surface area contributed by atoms with Crippen molar-refractivity contribution in [2.75, 3.05) is 19.8 Å². The van der Waals surface area contributed by atoms with E-state index in [-0.39, 0.29) is 11.8 Å². The molecule has 6 nitrogen and oxygen atoms in total. The molecule has 0 spiro atoms. The molecule has 2 aliphatic rings. The predicted molar refractivity (Wildman–Crippen MR) is 130 cm³/mol. The first-order chi connectivity index (χ1) is 16.1. The molecule has 0 bridgehead atoms. The van der Waals surface area contributed by atoms with Gasteiger partial charge in [0.15, 0.2) is 11.5 Å². The normalized spacial score (nSPS) is 15.6. The lowest BCUT2D eigenvalue weighted by Gasteiger charge is -2.30. The molecular formula is C25H26N2O4S2. The standard InChI is InChI=1S/C25H26N2O4S2/c1-2-3-18(25(29)27-10-8-21-17(15-27)9-13-32-21)26-24(28)23-7-6-22(33-23)16-4-5-19-20(14-16)31-12-11-30-19/h4-7,9,13-14,18H,2-3,8,10-12,15H2,1H3,(H,26,28). The van der Waals surface area contributed by atoms with E-state index in [1.807, 2.05) is 42.2 Å². The molecule has 0 aliphatic carbocycles. The second-order valence-electron chi connectivity index (χ2n) is 8.22. The average Bonchev–Trinajstić information content (AvgIpc) is 3.52. The fourth-order valence-electron chi connectivity index (χ4n) is 4.24. The fourth-order valence-corrected chi connectivity index (χ4v) is 6.04. The second-order valence-corrected chi connectivity index (χ2v) is 10.3. The van der Waals surface area contributed by atoms with E-state index < -0.39 is 6.04 Å². The van der Waals surface area contributed by atoms with E-state index in [0.717, 1.165) is 34.8 Å². The summed E-state index contributed by atoms with van der Waals surface area (Å²) >= 11 is 3.16. The van der Waals surface area contributed by atoms with Gasteiger partial charge in [0.2, 0.25) is 5.91 Å². The first-order valence-corrected chi connectivity index (χ1v) is 13.0. The van der Waals surface area contributed by atoms with Gasteiger partial charge in [-0.05, 0) is 65.7 Å². The summed E-state index contributed by atoms with van der Waals surface area (Å²) in [6, 6.07) is 11.2. The highest BCUT2D eigenvalue weighted by Gasteiger charge is 2.29. The Hall–Kier alpha value is -2.84. The number of benzene rings is 1. The van der Waals surface area contributed by atoms with E-state index in [1.54, 1.807) is 11.3 Å². The molecular weight excluding hydrogens is 456 g/mol. The number of amides is 2. The van der Waals surface area contributed by atoms with Gasteiger partial charge in [0.1, 0.15) is 19.3 Å². The first kappa shape index (κ1) is 22.0. The van der Waals surface area contributed by atoms with Crippen LogP contribution >= 0.6 is 22.7 Å². The lowest BCUT2D eigenvalue weighted by molar-refractivity contribution is -0.134. The maximum Gasteiger partial charge on any atom is 0.262 e. The summed E-state index contributed by atoms with van der Waals surface area (Å²) in [5.41, 5.74) is 2.20. The number of ether oxygens (including phenoxy) is 2. The summed E-state index contributed by atoms with van der Waals surface area (Å²) in [5.74, 6) is 1.27. The van der Waals surface area contributed by atoms with Crippen LogP contribution in [-0.4, -0.2) is 42.5 Å². The minimum absolute atomic E-state index is 0.00525. The van der Waals surface area contributed by atoms with Crippen molar-refractivity contribution in [1.29, 1.82) is 0 Å². The van der Waals surface area contributed by atoms with Gasteiger partial charge in [-0.2, -0.15) is 0 Å². The largest absolute Gasteiger partial charge is 0.486 e. The molecule has 0 saturated heterocycles. The maximum absolute atomic E-state index is 13.2. The Balaban J connectivity index is 1.28. The van der Waals surface area contributed by atoms with Crippen molar-refractivity contribution in [2.24, 2.45) is 0 Å². The van der Waals surface area contributed by atoms with Gasteiger partial charge in [-0.3, -0.25) is 9.59 Å². The van der Waals surface area contributed by atoms with Gasteiger partial charge in [0, 0.05) is 22.8 Å². The van der Waals surface area contributed by atoms with Gasteiger partial charge in [0.05, 0.1) is 4.88 Å². The number of hydrogen-bond acceptors (Lipinski definition) is 6. The van der Waals surface area contributed by atoms with E-state index in [2.05, 4.69) is 16.8 Å². The Morgan fingerprint density at radius 3 is 2.82 bits per heavy atom. The molecule has 2 amide bonds. The van der Waals surface area contributed by atoms with Crippen LogP contribution in [-0.2, 0) is 17.8 Å². The van der Waals surface area contributed by atoms with Crippen LogP contribution in [0.2, 0.25) is 0 Å². The molecule has 172 valence electrons. The summed E-state index contributed by atoms with van der Waals surface area (Å²) in [6.07, 6.45) is 2.33. The van der Waals surface area contributed by atoms with Crippen LogP contribution in [0.1, 0.15) is 39.9 Å². The van der Waals surface area contributed by atoms with E-state index >= 15 is 0 Å². The molecule has 5 rings (SSSR count). The Morgan fingerprint density at radius 1 is 1.12 bits per heavy atom. The number of carbonyl (C=O) groups excluding carboxylic acids is 2. The molecule has 3 aromatic rings. The van der Waals surface area contributed by atoms with Crippen molar-refractivity contribution in [3.63, 3.8) is 0 Å². The predicted octanol–water partition coefficient (Wildman–Crippen LogP) is 4.73. The lowest BCUT2D eigenvalue weighted by Crippen LogP contribution is -2.49. The van der Waals surface area contributed by atoms with Crippen molar-refractivity contribution >= 4 is 34.5 Å². The van der Waals surface area contributed by atoms with Crippen molar-refractivity contribution < 1.29 is 19.1 Å². The van der Waals surface area contributed by atoms with Gasteiger partial charge in [-0.25, -0.2) is 0 Å². The van der Waals surface area contributed by atoms with Crippen LogP contribution < -0.4 is 14.8 Å². The summed E-state index contributed by atoms with van der Waals surface area (Å²) in [6.45, 7) is 4.45. The molecule has 1 N–H and O–H groups in total. The summed E-state index contributed by atoms with van der Waals surface area (Å²) in [4.78, 5) is 31.1. The molecule has 2 aliphatic heterocycles. The molecule has 1 unspecified atom stereocenters. The van der Waals surface area contributed by atoms with E-state index in [9.17, 15) is 9.59 Å². The van der Waals surface area contributed by atoms with Crippen molar-refractivity contribution in [3.05, 3.63) is 57.1 Å². The van der Waals surface area contributed by atoms with Gasteiger partial charge < -0.3 is 19.7 Å². The maximum atomic E-state index is 13.2. The zero-order valence-corrected chi connectivity index (χ0v) is 20.1. The first-order valence-electron chi connectivity index (χ1n) is 11.3. The van der Waals surface area contributed by atoms with Crippen LogP contribution in [0.25, 0.3) is 10.4 Å². The third-order valence-corrected chi connectivity index (χ3v) is 8.11. The molecule has 4 heterocycles. The molecule has 1 aromatic carbocycles. The van der Waals surface area contributed by atoms with Crippen molar-refractivity contribution in [3.8, 4) is 21.9 Å². The number of thiophene rings is 2. The summed E-state index contributed by atoms with van der Waals surface area (Å²) in [5, 5.41) is 5.09. The molecule has 8 heteroatoms. The number of nitrogens with zero attached hydrogens (tertiary/aromatic N) is 1. The highest BCUT2D eigenvalue weighted by molar-refractivity contribution is 7.17. The number of nitrogens with one attached hydrogen (secondary N) is 1. The smallest absolute Gasteiger partial charge is 0.262 e.